The first-order valence-electron chi connectivity index (χ1n) is 5.57. The highest BCUT2D eigenvalue weighted by Crippen LogP contribution is 2.30. The summed E-state index contributed by atoms with van der Waals surface area (Å²) in [6.07, 6.45) is 0. The molecule has 0 radical (unpaired) electrons. The maximum absolute atomic E-state index is 11.9. The highest BCUT2D eigenvalue weighted by Gasteiger charge is 2.39. The summed E-state index contributed by atoms with van der Waals surface area (Å²) in [5.74, 6) is -0.889. The van der Waals surface area contributed by atoms with E-state index in [1.54, 1.807) is 54.6 Å². The molecule has 106 valence electrons. The van der Waals surface area contributed by atoms with E-state index in [9.17, 15) is 9.90 Å². The quantitative estimate of drug-likeness (QED) is 0.417. The summed E-state index contributed by atoms with van der Waals surface area (Å²) in [6, 6.07) is 15.4. The van der Waals surface area contributed by atoms with E-state index in [1.165, 1.54) is 5.48 Å². The van der Waals surface area contributed by atoms with Gasteiger partial charge in [0.15, 0.2) is 5.60 Å². The van der Waals surface area contributed by atoms with E-state index < -0.39 is 11.5 Å². The van der Waals surface area contributed by atoms with Crippen LogP contribution in [0.4, 0.5) is 0 Å². The molecule has 3 N–H and O–H groups in total. The van der Waals surface area contributed by atoms with Gasteiger partial charge in [-0.15, -0.1) is 12.4 Å². The maximum Gasteiger partial charge on any atom is 0.284 e. The summed E-state index contributed by atoms with van der Waals surface area (Å²) in [5, 5.41) is 19.6. The Kier molecular flexibility index (Phi) is 5.94. The number of carbonyl (C=O) groups is 1. The van der Waals surface area contributed by atoms with Gasteiger partial charge in [-0.3, -0.25) is 10.0 Å². The molecule has 2 aromatic carbocycles. The highest BCUT2D eigenvalue weighted by atomic mass is 127. The van der Waals surface area contributed by atoms with Gasteiger partial charge in [-0.2, -0.15) is 0 Å². The van der Waals surface area contributed by atoms with Gasteiger partial charge in [0.1, 0.15) is 0 Å². The number of benzene rings is 2. The summed E-state index contributed by atoms with van der Waals surface area (Å²) in [6.45, 7) is 0. The average Bonchev–Trinajstić information content (AvgIpc) is 2.47. The molecule has 0 spiro atoms. The van der Waals surface area contributed by atoms with Gasteiger partial charge in [-0.25, -0.2) is 5.48 Å². The summed E-state index contributed by atoms with van der Waals surface area (Å²) >= 11 is 2.13. The Morgan fingerprint density at radius 3 is 2.00 bits per heavy atom. The van der Waals surface area contributed by atoms with Crippen LogP contribution in [0.15, 0.2) is 54.6 Å². The van der Waals surface area contributed by atoms with E-state index in [0.29, 0.717) is 11.1 Å². The zero-order chi connectivity index (χ0) is 13.9. The molecule has 6 heteroatoms. The predicted molar refractivity (Wildman–Crippen MR) is 85.8 cm³/mol. The second kappa shape index (κ2) is 7.03. The van der Waals surface area contributed by atoms with Gasteiger partial charge in [-0.1, -0.05) is 42.5 Å². The van der Waals surface area contributed by atoms with E-state index in [2.05, 4.69) is 22.6 Å². The van der Waals surface area contributed by atoms with E-state index in [0.717, 1.165) is 3.57 Å². The monoisotopic (exact) mass is 405 g/mol. The van der Waals surface area contributed by atoms with Gasteiger partial charge >= 0.3 is 0 Å². The summed E-state index contributed by atoms with van der Waals surface area (Å²) < 4.78 is 0.987. The van der Waals surface area contributed by atoms with Crippen molar-refractivity contribution in [3.63, 3.8) is 0 Å². The summed E-state index contributed by atoms with van der Waals surface area (Å²) in [7, 11) is 0. The molecule has 0 bridgehead atoms. The molecular formula is C14H13ClINO3. The van der Waals surface area contributed by atoms with Crippen LogP contribution in [0.3, 0.4) is 0 Å². The van der Waals surface area contributed by atoms with Crippen LogP contribution in [0.2, 0.25) is 0 Å². The third-order valence-electron chi connectivity index (χ3n) is 2.88. The number of nitrogens with one attached hydrogen (secondary N) is 1. The normalized spacial score (nSPS) is 12.9. The highest BCUT2D eigenvalue weighted by molar-refractivity contribution is 14.1. The standard InChI is InChI=1S/C14H12INO3.ClH/c15-12-8-6-11(7-9-12)14(18,13(17)16-19)10-4-2-1-3-5-10;/h1-9,18-19H,(H,16,17);1H. The van der Waals surface area contributed by atoms with Crippen molar-refractivity contribution < 1.29 is 15.1 Å². The second-order valence-corrected chi connectivity index (χ2v) is 5.27. The van der Waals surface area contributed by atoms with Crippen molar-refractivity contribution in [2.75, 3.05) is 0 Å². The minimum atomic E-state index is -1.92. The molecule has 2 aromatic rings. The van der Waals surface area contributed by atoms with Crippen molar-refractivity contribution in [1.29, 1.82) is 0 Å². The molecule has 1 amide bonds. The molecule has 1 unspecified atom stereocenters. The lowest BCUT2D eigenvalue weighted by molar-refractivity contribution is -0.145. The van der Waals surface area contributed by atoms with E-state index in [1.807, 2.05) is 0 Å². The molecule has 2 rings (SSSR count). The number of carbonyl (C=O) groups excluding carboxylic acids is 1. The van der Waals surface area contributed by atoms with Crippen LogP contribution >= 0.6 is 35.0 Å². The van der Waals surface area contributed by atoms with Gasteiger partial charge in [0, 0.05) is 3.57 Å². The lowest BCUT2D eigenvalue weighted by atomic mass is 9.86. The van der Waals surface area contributed by atoms with Crippen molar-refractivity contribution in [3.8, 4) is 0 Å². The Bertz CT molecular complexity index is 577. The van der Waals surface area contributed by atoms with Crippen LogP contribution in [0.1, 0.15) is 11.1 Å². The van der Waals surface area contributed by atoms with Gasteiger partial charge in [0.05, 0.1) is 0 Å². The first-order valence-corrected chi connectivity index (χ1v) is 6.65. The van der Waals surface area contributed by atoms with Crippen molar-refractivity contribution in [2.45, 2.75) is 5.60 Å². The molecule has 1 atom stereocenters. The van der Waals surface area contributed by atoms with Crippen molar-refractivity contribution in [1.82, 2.24) is 5.48 Å². The number of hydrogen-bond donors (Lipinski definition) is 3. The lowest BCUT2D eigenvalue weighted by Crippen LogP contribution is -2.44. The third-order valence-corrected chi connectivity index (χ3v) is 3.60. The Morgan fingerprint density at radius 2 is 1.50 bits per heavy atom. The van der Waals surface area contributed by atoms with Crippen molar-refractivity contribution in [3.05, 3.63) is 69.3 Å². The van der Waals surface area contributed by atoms with Crippen LogP contribution in [-0.4, -0.2) is 16.2 Å². The molecule has 0 fully saturated rings. The first kappa shape index (κ1) is 16.9. The fourth-order valence-corrected chi connectivity index (χ4v) is 2.24. The van der Waals surface area contributed by atoms with Gasteiger partial charge in [0.25, 0.3) is 5.91 Å². The topological polar surface area (TPSA) is 69.6 Å². The molecule has 20 heavy (non-hydrogen) atoms. The zero-order valence-electron chi connectivity index (χ0n) is 10.3. The number of hydroxylamine groups is 1. The SMILES string of the molecule is Cl.O=C(NO)C(O)(c1ccccc1)c1ccc(I)cc1. The van der Waals surface area contributed by atoms with Crippen molar-refractivity contribution >= 4 is 40.9 Å². The van der Waals surface area contributed by atoms with Gasteiger partial charge in [0.2, 0.25) is 0 Å². The van der Waals surface area contributed by atoms with E-state index >= 15 is 0 Å². The first-order chi connectivity index (χ1) is 9.09. The Hall–Kier alpha value is -1.15. The van der Waals surface area contributed by atoms with Crippen LogP contribution < -0.4 is 5.48 Å². The molecule has 0 aliphatic carbocycles. The number of amides is 1. The van der Waals surface area contributed by atoms with Crippen molar-refractivity contribution in [2.24, 2.45) is 0 Å². The van der Waals surface area contributed by atoms with E-state index in [-0.39, 0.29) is 12.4 Å². The summed E-state index contributed by atoms with van der Waals surface area (Å²) in [5.41, 5.74) is 0.396. The molecular weight excluding hydrogens is 393 g/mol. The molecule has 0 saturated carbocycles. The van der Waals surface area contributed by atoms with Crippen LogP contribution in [0, 0.1) is 3.57 Å². The van der Waals surface area contributed by atoms with Gasteiger partial charge < -0.3 is 5.11 Å². The van der Waals surface area contributed by atoms with Gasteiger partial charge in [-0.05, 0) is 45.9 Å². The number of halogens is 2. The van der Waals surface area contributed by atoms with E-state index in [4.69, 9.17) is 5.21 Å². The smallest absolute Gasteiger partial charge is 0.284 e. The molecule has 0 aliphatic heterocycles. The molecule has 0 aliphatic rings. The molecule has 0 heterocycles. The summed E-state index contributed by atoms with van der Waals surface area (Å²) in [4.78, 5) is 11.9. The average molecular weight is 406 g/mol. The third kappa shape index (κ3) is 3.12. The molecule has 4 nitrogen and oxygen atoms in total. The fraction of sp³-hybridized carbons (Fsp3) is 0.0714. The predicted octanol–water partition coefficient (Wildman–Crippen LogP) is 2.45. The Labute approximate surface area is 136 Å². The lowest BCUT2D eigenvalue weighted by Gasteiger charge is -2.26. The Morgan fingerprint density at radius 1 is 1.00 bits per heavy atom. The van der Waals surface area contributed by atoms with Crippen LogP contribution in [0.5, 0.6) is 0 Å². The van der Waals surface area contributed by atoms with Crippen LogP contribution in [0.25, 0.3) is 0 Å². The number of aliphatic hydroxyl groups is 1. The Balaban J connectivity index is 0.00000200. The zero-order valence-corrected chi connectivity index (χ0v) is 13.3. The van der Waals surface area contributed by atoms with Crippen LogP contribution in [-0.2, 0) is 10.4 Å². The number of rotatable bonds is 3. The maximum atomic E-state index is 11.9. The largest absolute Gasteiger partial charge is 0.372 e. The molecule has 0 aromatic heterocycles. The number of hydrogen-bond acceptors (Lipinski definition) is 3. The minimum absolute atomic E-state index is 0. The minimum Gasteiger partial charge on any atom is -0.372 e. The fourth-order valence-electron chi connectivity index (χ4n) is 1.88. The second-order valence-electron chi connectivity index (χ2n) is 4.02. The molecule has 0 saturated heterocycles.